The average Bonchev–Trinajstić information content (AvgIpc) is 3.05. The van der Waals surface area contributed by atoms with Gasteiger partial charge in [0.15, 0.2) is 0 Å². The second-order valence-electron chi connectivity index (χ2n) is 4.69. The average molecular weight is 304 g/mol. The molecule has 1 fully saturated rings. The first-order valence-corrected chi connectivity index (χ1v) is 7.14. The third-order valence-corrected chi connectivity index (χ3v) is 3.84. The molecule has 8 heteroatoms. The predicted octanol–water partition coefficient (Wildman–Crippen LogP) is 0.545. The van der Waals surface area contributed by atoms with Crippen molar-refractivity contribution in [1.82, 2.24) is 20.2 Å². The maximum atomic E-state index is 12.3. The van der Waals surface area contributed by atoms with Gasteiger partial charge in [0, 0.05) is 17.1 Å². The summed E-state index contributed by atoms with van der Waals surface area (Å²) in [6, 6.07) is 1.67. The van der Waals surface area contributed by atoms with Gasteiger partial charge in [0.05, 0.1) is 10.7 Å². The number of rotatable bonds is 2. The Morgan fingerprint density at radius 1 is 1.33 bits per heavy atom. The van der Waals surface area contributed by atoms with Crippen LogP contribution in [0.4, 0.5) is 0 Å². The zero-order valence-electron chi connectivity index (χ0n) is 11.2. The Kier molecular flexibility index (Phi) is 3.30. The molecule has 0 atom stereocenters. The van der Waals surface area contributed by atoms with Gasteiger partial charge in [0.2, 0.25) is 11.8 Å². The molecule has 2 N–H and O–H groups in total. The summed E-state index contributed by atoms with van der Waals surface area (Å²) < 4.78 is 0. The van der Waals surface area contributed by atoms with Crippen LogP contribution in [0.2, 0.25) is 0 Å². The number of imide groups is 1. The monoisotopic (exact) mass is 304 g/mol. The number of hydrogen-bond donors (Lipinski definition) is 2. The zero-order valence-corrected chi connectivity index (χ0v) is 12.0. The SMILES string of the molecule is Cc1nc(-c2c[nH]c(C(=O)N3CC(=O)NC(=O)C3)c2)cs1. The van der Waals surface area contributed by atoms with Gasteiger partial charge in [-0.2, -0.15) is 0 Å². The molecule has 3 rings (SSSR count). The molecule has 1 aliphatic heterocycles. The Bertz CT molecular complexity index is 717. The van der Waals surface area contributed by atoms with Crippen LogP contribution in [0.15, 0.2) is 17.6 Å². The second-order valence-corrected chi connectivity index (χ2v) is 5.75. The molecule has 1 aliphatic rings. The highest BCUT2D eigenvalue weighted by molar-refractivity contribution is 7.09. The summed E-state index contributed by atoms with van der Waals surface area (Å²) >= 11 is 1.53. The molecule has 0 aliphatic carbocycles. The third kappa shape index (κ3) is 2.70. The standard InChI is InChI=1S/C13H12N4O3S/c1-7-15-10(6-21-7)8-2-9(14-3-8)13(20)17-4-11(18)16-12(19)5-17/h2-3,6,14H,4-5H2,1H3,(H,16,18,19). The number of carbonyl (C=O) groups excluding carboxylic acids is 3. The highest BCUT2D eigenvalue weighted by Gasteiger charge is 2.27. The van der Waals surface area contributed by atoms with Crippen LogP contribution in [0.5, 0.6) is 0 Å². The summed E-state index contributed by atoms with van der Waals surface area (Å²) in [5, 5.41) is 5.01. The number of nitrogens with zero attached hydrogens (tertiary/aromatic N) is 2. The number of thiazole rings is 1. The van der Waals surface area contributed by atoms with E-state index < -0.39 is 11.8 Å². The van der Waals surface area contributed by atoms with E-state index in [9.17, 15) is 14.4 Å². The van der Waals surface area contributed by atoms with Crippen LogP contribution in [0.25, 0.3) is 11.3 Å². The van der Waals surface area contributed by atoms with Crippen molar-refractivity contribution in [2.45, 2.75) is 6.92 Å². The van der Waals surface area contributed by atoms with Crippen molar-refractivity contribution in [3.8, 4) is 11.3 Å². The molecule has 3 heterocycles. The number of amides is 3. The van der Waals surface area contributed by atoms with Crippen molar-refractivity contribution in [3.63, 3.8) is 0 Å². The molecule has 3 amide bonds. The lowest BCUT2D eigenvalue weighted by Gasteiger charge is -2.24. The number of aromatic amines is 1. The molecular weight excluding hydrogens is 292 g/mol. The van der Waals surface area contributed by atoms with E-state index in [1.807, 2.05) is 12.3 Å². The number of piperazine rings is 1. The number of carbonyl (C=O) groups is 3. The van der Waals surface area contributed by atoms with Crippen LogP contribution in [-0.2, 0) is 9.59 Å². The van der Waals surface area contributed by atoms with Gasteiger partial charge in [-0.1, -0.05) is 0 Å². The topological polar surface area (TPSA) is 95.2 Å². The van der Waals surface area contributed by atoms with Crippen LogP contribution in [-0.4, -0.2) is 45.7 Å². The summed E-state index contributed by atoms with van der Waals surface area (Å²) in [6.07, 6.45) is 1.69. The van der Waals surface area contributed by atoms with E-state index in [-0.39, 0.29) is 19.0 Å². The molecule has 0 bridgehead atoms. The highest BCUT2D eigenvalue weighted by Crippen LogP contribution is 2.22. The van der Waals surface area contributed by atoms with E-state index in [0.29, 0.717) is 5.69 Å². The molecule has 0 radical (unpaired) electrons. The largest absolute Gasteiger partial charge is 0.357 e. The molecular formula is C13H12N4O3S. The van der Waals surface area contributed by atoms with E-state index in [4.69, 9.17) is 0 Å². The predicted molar refractivity (Wildman–Crippen MR) is 75.7 cm³/mol. The lowest BCUT2D eigenvalue weighted by molar-refractivity contribution is -0.135. The molecule has 0 spiro atoms. The molecule has 1 saturated heterocycles. The third-order valence-electron chi connectivity index (χ3n) is 3.06. The van der Waals surface area contributed by atoms with Gasteiger partial charge < -0.3 is 9.88 Å². The van der Waals surface area contributed by atoms with Crippen LogP contribution in [0.3, 0.4) is 0 Å². The number of H-pyrrole nitrogens is 1. The number of aromatic nitrogens is 2. The van der Waals surface area contributed by atoms with E-state index in [1.54, 1.807) is 12.3 Å². The lowest BCUT2D eigenvalue weighted by Crippen LogP contribution is -2.53. The fourth-order valence-electron chi connectivity index (χ4n) is 2.11. The van der Waals surface area contributed by atoms with Gasteiger partial charge >= 0.3 is 0 Å². The van der Waals surface area contributed by atoms with Gasteiger partial charge in [-0.25, -0.2) is 4.98 Å². The summed E-state index contributed by atoms with van der Waals surface area (Å²) in [5.41, 5.74) is 1.92. The number of hydrogen-bond acceptors (Lipinski definition) is 5. The minimum Gasteiger partial charge on any atom is -0.357 e. The smallest absolute Gasteiger partial charge is 0.271 e. The fourth-order valence-corrected chi connectivity index (χ4v) is 2.73. The normalized spacial score (nSPS) is 15.2. The van der Waals surface area contributed by atoms with Crippen LogP contribution < -0.4 is 5.32 Å². The van der Waals surface area contributed by atoms with E-state index in [0.717, 1.165) is 16.3 Å². The van der Waals surface area contributed by atoms with Gasteiger partial charge in [-0.15, -0.1) is 11.3 Å². The molecule has 108 valence electrons. The van der Waals surface area contributed by atoms with Crippen molar-refractivity contribution in [2.75, 3.05) is 13.1 Å². The minimum absolute atomic E-state index is 0.116. The van der Waals surface area contributed by atoms with Gasteiger partial charge in [0.1, 0.15) is 18.8 Å². The first kappa shape index (κ1) is 13.5. The van der Waals surface area contributed by atoms with Crippen molar-refractivity contribution in [3.05, 3.63) is 28.3 Å². The van der Waals surface area contributed by atoms with Gasteiger partial charge in [0.25, 0.3) is 5.91 Å². The summed E-state index contributed by atoms with van der Waals surface area (Å²) in [4.78, 5) is 43.3. The Labute approximate surface area is 124 Å². The zero-order chi connectivity index (χ0) is 15.0. The van der Waals surface area contributed by atoms with E-state index in [1.165, 1.54) is 16.2 Å². The second kappa shape index (κ2) is 5.13. The Morgan fingerprint density at radius 2 is 2.05 bits per heavy atom. The number of nitrogens with one attached hydrogen (secondary N) is 2. The molecule has 7 nitrogen and oxygen atoms in total. The fraction of sp³-hybridized carbons (Fsp3) is 0.231. The van der Waals surface area contributed by atoms with Crippen molar-refractivity contribution < 1.29 is 14.4 Å². The molecule has 0 unspecified atom stereocenters. The first-order chi connectivity index (χ1) is 10.0. The van der Waals surface area contributed by atoms with E-state index >= 15 is 0 Å². The Balaban J connectivity index is 1.81. The molecule has 21 heavy (non-hydrogen) atoms. The lowest BCUT2D eigenvalue weighted by atomic mass is 10.2. The molecule has 0 saturated carbocycles. The van der Waals surface area contributed by atoms with Crippen molar-refractivity contribution in [2.24, 2.45) is 0 Å². The summed E-state index contributed by atoms with van der Waals surface area (Å²) in [7, 11) is 0. The molecule has 0 aromatic carbocycles. The number of aryl methyl sites for hydroxylation is 1. The summed E-state index contributed by atoms with van der Waals surface area (Å²) in [6.45, 7) is 1.67. The summed E-state index contributed by atoms with van der Waals surface area (Å²) in [5.74, 6) is -1.32. The quantitative estimate of drug-likeness (QED) is 0.792. The van der Waals surface area contributed by atoms with Crippen molar-refractivity contribution >= 4 is 29.1 Å². The van der Waals surface area contributed by atoms with Crippen LogP contribution in [0, 0.1) is 6.92 Å². The van der Waals surface area contributed by atoms with Crippen LogP contribution >= 0.6 is 11.3 Å². The van der Waals surface area contributed by atoms with Crippen molar-refractivity contribution in [1.29, 1.82) is 0 Å². The minimum atomic E-state index is -0.471. The molecule has 2 aromatic rings. The Hall–Kier alpha value is -2.48. The highest BCUT2D eigenvalue weighted by atomic mass is 32.1. The maximum Gasteiger partial charge on any atom is 0.271 e. The van der Waals surface area contributed by atoms with Crippen LogP contribution in [0.1, 0.15) is 15.5 Å². The van der Waals surface area contributed by atoms with Gasteiger partial charge in [-0.3, -0.25) is 19.7 Å². The maximum absolute atomic E-state index is 12.3. The van der Waals surface area contributed by atoms with E-state index in [2.05, 4.69) is 15.3 Å². The Morgan fingerprint density at radius 3 is 2.67 bits per heavy atom. The van der Waals surface area contributed by atoms with Gasteiger partial charge in [-0.05, 0) is 13.0 Å². The first-order valence-electron chi connectivity index (χ1n) is 6.26. The molecule has 2 aromatic heterocycles.